The van der Waals surface area contributed by atoms with Crippen molar-refractivity contribution in [2.45, 2.75) is 212 Å². The number of esters is 1. The van der Waals surface area contributed by atoms with Crippen molar-refractivity contribution in [1.29, 1.82) is 0 Å². The summed E-state index contributed by atoms with van der Waals surface area (Å²) < 4.78 is 43.1. The van der Waals surface area contributed by atoms with Crippen LogP contribution in [0.3, 0.4) is 0 Å². The summed E-state index contributed by atoms with van der Waals surface area (Å²) in [6.07, 6.45) is -14.9. The van der Waals surface area contributed by atoms with E-state index in [4.69, 9.17) is 30.8 Å². The van der Waals surface area contributed by atoms with Gasteiger partial charge in [-0.2, -0.15) is 13.2 Å². The number of carboxylic acid groups (broad SMARTS) is 2. The largest absolute Gasteiger partial charge is 0.490 e. The maximum atomic E-state index is 15.6. The van der Waals surface area contributed by atoms with Gasteiger partial charge < -0.3 is 110 Å². The summed E-state index contributed by atoms with van der Waals surface area (Å²) in [7, 11) is 0. The topological polar surface area (TPSA) is 576 Å². The number of rotatable bonds is 26. The molecule has 0 aromatic heterocycles. The molecule has 0 unspecified atom stereocenters. The van der Waals surface area contributed by atoms with Crippen molar-refractivity contribution in [3.63, 3.8) is 0 Å². The quantitative estimate of drug-likeness (QED) is 0.0205. The number of cyclic esters (lactones) is 1. The Morgan fingerprint density at radius 2 is 1.13 bits per heavy atom. The van der Waals surface area contributed by atoms with Crippen LogP contribution < -0.4 is 70.0 Å². The highest BCUT2D eigenvalue weighted by molar-refractivity contribution is 6.00. The molecule has 598 valence electrons. The molecule has 36 nitrogen and oxygen atoms in total. The highest BCUT2D eigenvalue weighted by Gasteiger charge is 2.44. The number of halogens is 3. The second kappa shape index (κ2) is 45.3. The molecule has 1 heterocycles. The molecule has 15 atom stereocenters. The number of hydrogen-bond donors (Lipinski definition) is 19. The summed E-state index contributed by atoms with van der Waals surface area (Å²) in [6, 6.07) is -3.16. The lowest BCUT2D eigenvalue weighted by Gasteiger charge is -2.34. The van der Waals surface area contributed by atoms with Gasteiger partial charge in [0.25, 0.3) is 0 Å². The van der Waals surface area contributed by atoms with Crippen molar-refractivity contribution in [3.05, 3.63) is 71.8 Å². The average molecular weight is 1530 g/mol. The van der Waals surface area contributed by atoms with Crippen LogP contribution >= 0.6 is 0 Å². The Morgan fingerprint density at radius 3 is 1.64 bits per heavy atom. The van der Waals surface area contributed by atoms with E-state index in [0.29, 0.717) is 5.56 Å². The minimum atomic E-state index is -5.08. The van der Waals surface area contributed by atoms with Crippen LogP contribution in [-0.4, -0.2) is 224 Å². The number of carbonyl (C=O) groups excluding carboxylic acids is 12. The number of carboxylic acids is 2. The van der Waals surface area contributed by atoms with Gasteiger partial charge in [0.1, 0.15) is 61.0 Å². The third-order valence-corrected chi connectivity index (χ3v) is 16.1. The molecule has 0 bridgehead atoms. The third-order valence-electron chi connectivity index (χ3n) is 16.1. The van der Waals surface area contributed by atoms with Crippen molar-refractivity contribution < 1.29 is 120 Å². The minimum Gasteiger partial charge on any atom is -0.479 e. The van der Waals surface area contributed by atoms with Crippen LogP contribution in [0.1, 0.15) is 132 Å². The number of amides is 11. The molecule has 11 amide bonds. The first-order valence-corrected chi connectivity index (χ1v) is 34.4. The lowest BCUT2D eigenvalue weighted by molar-refractivity contribution is -0.192. The van der Waals surface area contributed by atoms with Crippen molar-refractivity contribution in [3.8, 4) is 0 Å². The fourth-order valence-electron chi connectivity index (χ4n) is 10.2. The van der Waals surface area contributed by atoms with Crippen molar-refractivity contribution in [2.75, 3.05) is 19.7 Å². The molecule has 1 saturated heterocycles. The predicted octanol–water partition coefficient (Wildman–Crippen LogP) is -2.23. The van der Waals surface area contributed by atoms with Crippen molar-refractivity contribution in [1.82, 2.24) is 58.5 Å². The zero-order valence-corrected chi connectivity index (χ0v) is 61.3. The minimum absolute atomic E-state index is 0.0184. The van der Waals surface area contributed by atoms with Gasteiger partial charge in [0.05, 0.1) is 25.4 Å². The highest BCUT2D eigenvalue weighted by Crippen LogP contribution is 2.25. The summed E-state index contributed by atoms with van der Waals surface area (Å²) in [6.45, 7) is 14.7. The number of guanidine groups is 1. The van der Waals surface area contributed by atoms with Crippen molar-refractivity contribution >= 4 is 89.0 Å². The predicted molar refractivity (Wildman–Crippen MR) is 374 cm³/mol. The number of nitrogens with one attached hydrogen (secondary N) is 11. The van der Waals surface area contributed by atoms with Gasteiger partial charge in [-0.25, -0.2) is 19.2 Å². The molecule has 0 saturated carbocycles. The summed E-state index contributed by atoms with van der Waals surface area (Å²) in [5.74, 6) is -21.6. The maximum absolute atomic E-state index is 15.6. The van der Waals surface area contributed by atoms with E-state index in [1.54, 1.807) is 85.7 Å². The standard InChI is InChI=1S/C66H102N14O20.C2HF3O2/c1-12-36(10)46-59(91)78-47(37(11)82)58(90)70-29-45(83)76-49(52(85)63(95)96)61(93)74-44(30-81)64(97)100-53(39-22-17-14-18-23-39)50(80-57(89)42(27-33(4)5)72-56(88)43(28-34(6)7)75-66(98)99-31-38-20-15-13-16-21-38)62(94)79-48(51(84)35(8)9)60(92)73-41(26-32(2)3)55(87)71-40(54(86)77-46)24-19-25-69-65(67)68;3-2(4,5)1(6)7/h13-18,20-23,32-37,40-44,46-53,81-82,84-85H,12,19,24-31H2,1-11H3,(H,70,90)(H,71,87)(H,72,88)(H,73,92)(H,74,93)(H,75,98)(H,76,83)(H,77,86)(H,78,91)(H,79,94)(H,80,89)(H,95,96)(H4,67,68,69);(H,6,7)/t36-,37-,40+,41-,42-,43+,44-,46-,47-,48-,49-,50-,51+,52-,53+;/m0./s1. The van der Waals surface area contributed by atoms with E-state index in [9.17, 15) is 86.6 Å². The lowest BCUT2D eigenvalue weighted by Crippen LogP contribution is -2.64. The zero-order chi connectivity index (χ0) is 81.3. The van der Waals surface area contributed by atoms with Crippen LogP contribution in [0.5, 0.6) is 0 Å². The second-order valence-corrected chi connectivity index (χ2v) is 26.9. The molecule has 3 rings (SSSR count). The van der Waals surface area contributed by atoms with E-state index in [-0.39, 0.29) is 69.1 Å². The number of carbonyl (C=O) groups is 14. The average Bonchev–Trinajstić information content (AvgIpc) is 0.809. The van der Waals surface area contributed by atoms with Crippen LogP contribution in [0.2, 0.25) is 0 Å². The fourth-order valence-corrected chi connectivity index (χ4v) is 10.2. The Balaban J connectivity index is 0.00000527. The fraction of sp³-hybridized carbons (Fsp3) is 0.603. The summed E-state index contributed by atoms with van der Waals surface area (Å²) in [5.41, 5.74) is 11.6. The molecule has 39 heteroatoms. The summed E-state index contributed by atoms with van der Waals surface area (Å²) in [5, 5.41) is 87.6. The van der Waals surface area contributed by atoms with Crippen LogP contribution in [0.15, 0.2) is 65.7 Å². The number of hydrogen-bond acceptors (Lipinski definition) is 21. The van der Waals surface area contributed by atoms with E-state index in [1.807, 2.05) is 10.6 Å². The summed E-state index contributed by atoms with van der Waals surface area (Å²) in [4.78, 5) is 198. The van der Waals surface area contributed by atoms with Crippen molar-refractivity contribution in [2.24, 2.45) is 46.0 Å². The number of alkyl halides is 3. The molecule has 1 aliphatic heterocycles. The first kappa shape index (κ1) is 92.8. The molecule has 1 fully saturated rings. The van der Waals surface area contributed by atoms with Crippen LogP contribution in [0.25, 0.3) is 0 Å². The van der Waals surface area contributed by atoms with E-state index < -0.39 is 211 Å². The molecule has 21 N–H and O–H groups in total. The van der Waals surface area contributed by atoms with Gasteiger partial charge in [0.2, 0.25) is 59.1 Å². The van der Waals surface area contributed by atoms with Gasteiger partial charge in [-0.1, -0.05) is 136 Å². The monoisotopic (exact) mass is 1520 g/mol. The number of nitrogens with zero attached hydrogens (tertiary/aromatic N) is 1. The zero-order valence-electron chi connectivity index (χ0n) is 61.3. The number of aliphatic imine (C=N–C) groups is 1. The Bertz CT molecular complexity index is 3350. The van der Waals surface area contributed by atoms with Crippen LogP contribution in [0, 0.1) is 29.6 Å². The highest BCUT2D eigenvalue weighted by atomic mass is 19.4. The normalized spacial score (nSPS) is 22.5. The number of benzene rings is 2. The molecule has 2 aromatic carbocycles. The molecule has 2 aromatic rings. The number of nitrogens with two attached hydrogens (primary N) is 2. The number of aliphatic carboxylic acids is 2. The van der Waals surface area contributed by atoms with Gasteiger partial charge >= 0.3 is 30.2 Å². The van der Waals surface area contributed by atoms with Gasteiger partial charge in [0.15, 0.2) is 24.2 Å². The summed E-state index contributed by atoms with van der Waals surface area (Å²) >= 11 is 0. The van der Waals surface area contributed by atoms with E-state index in [0.717, 1.165) is 6.92 Å². The van der Waals surface area contributed by atoms with E-state index in [1.165, 1.54) is 44.2 Å². The maximum Gasteiger partial charge on any atom is 0.490 e. The number of aliphatic hydroxyl groups excluding tert-OH is 4. The molecule has 0 spiro atoms. The first-order valence-electron chi connectivity index (χ1n) is 34.4. The molecular weight excluding hydrogens is 1420 g/mol. The first-order chi connectivity index (χ1) is 49.9. The van der Waals surface area contributed by atoms with Gasteiger partial charge in [-0.05, 0) is 79.7 Å². The van der Waals surface area contributed by atoms with Gasteiger partial charge in [-0.3, -0.25) is 52.9 Å². The number of ether oxygens (including phenoxy) is 2. The lowest BCUT2D eigenvalue weighted by atomic mass is 9.95. The van der Waals surface area contributed by atoms with Gasteiger partial charge in [0, 0.05) is 6.54 Å². The Kier molecular flexibility index (Phi) is 39.3. The Hall–Kier alpha value is -10.3. The van der Waals surface area contributed by atoms with Gasteiger partial charge in [-0.15, -0.1) is 0 Å². The third kappa shape index (κ3) is 32.5. The Morgan fingerprint density at radius 1 is 0.626 bits per heavy atom. The van der Waals surface area contributed by atoms with E-state index >= 15 is 14.4 Å². The smallest absolute Gasteiger partial charge is 0.479 e. The molecule has 0 aliphatic carbocycles. The molecule has 1 aliphatic rings. The SMILES string of the molecule is CC[C@H](C)[C@@H]1NC(=O)[C@@H](CCCN=C(N)N)NC(=O)[C@H](CC(C)C)NC(=O)[C@H]([C@H](O)C(C)C)NC(=O)[C@@H](NC(=O)[C@H](CC(C)C)NC(=O)[C@@H](CC(C)C)NC(=O)OCc2ccccc2)[C@@H](c2ccccc2)OC(=O)[C@H](CO)NC(=O)[C@H]([C@H](O)C(=O)O)NC(=O)CNC(=O)[C@H]([C@H](C)O)NC1=O.O=C(O)C(F)(F)F. The molecule has 0 radical (unpaired) electrons. The number of alkyl carbamates (subject to hydrolysis) is 1. The number of aliphatic hydroxyl groups is 4. The second-order valence-electron chi connectivity index (χ2n) is 26.9. The molecular formula is C68H103F3N14O22. The van der Waals surface area contributed by atoms with Crippen LogP contribution in [-0.2, 0) is 78.4 Å². The van der Waals surface area contributed by atoms with E-state index in [2.05, 4.69) is 52.8 Å². The molecule has 107 heavy (non-hydrogen) atoms. The van der Waals surface area contributed by atoms with Crippen LogP contribution in [0.4, 0.5) is 18.0 Å². The Labute approximate surface area is 615 Å².